The second-order valence-corrected chi connectivity index (χ2v) is 32.2. The van der Waals surface area contributed by atoms with Crippen LogP contribution >= 0.6 is 15.6 Å². The second-order valence-electron chi connectivity index (χ2n) is 29.3. The molecule has 0 amide bonds. The number of phosphoric ester groups is 2. The molecule has 0 fully saturated rings. The number of ether oxygens (including phenoxy) is 3. The summed E-state index contributed by atoms with van der Waals surface area (Å²) < 4.78 is 61.4. The Balaban J connectivity index is 4.49. The fraction of sp³-hybridized carbons (Fsp3) is 0.674. The number of aliphatic hydroxyl groups excluding tert-OH is 2. The van der Waals surface area contributed by atoms with Gasteiger partial charge in [0.15, 0.2) is 6.10 Å². The first-order chi connectivity index (χ1) is 55.2. The topological polar surface area (TPSA) is 231 Å². The molecular formula is C95H160O16P2. The largest absolute Gasteiger partial charge is 0.472 e. The molecule has 0 aromatic heterocycles. The van der Waals surface area contributed by atoms with Gasteiger partial charge in [0.25, 0.3) is 0 Å². The van der Waals surface area contributed by atoms with E-state index in [1.165, 1.54) is 109 Å². The molecule has 0 aromatic carbocycles. The Morgan fingerprint density at radius 3 is 0.699 bits per heavy atom. The molecule has 0 aliphatic carbocycles. The monoisotopic (exact) mass is 1620 g/mol. The van der Waals surface area contributed by atoms with Gasteiger partial charge in [0.1, 0.15) is 25.4 Å². The maximum atomic E-state index is 13.0. The van der Waals surface area contributed by atoms with Crippen LogP contribution in [0.1, 0.15) is 355 Å². The summed E-state index contributed by atoms with van der Waals surface area (Å²) in [6.45, 7) is 2.35. The highest BCUT2D eigenvalue weighted by Crippen LogP contribution is 2.45. The third-order valence-corrected chi connectivity index (χ3v) is 20.3. The van der Waals surface area contributed by atoms with Crippen LogP contribution in [-0.2, 0) is 55.8 Å². The summed E-state index contributed by atoms with van der Waals surface area (Å²) in [6.07, 6.45) is 111. The number of carbonyl (C=O) groups is 3. The van der Waals surface area contributed by atoms with Gasteiger partial charge >= 0.3 is 33.6 Å². The van der Waals surface area contributed by atoms with Gasteiger partial charge in [-0.15, -0.1) is 0 Å². The molecule has 0 saturated carbocycles. The lowest BCUT2D eigenvalue weighted by Gasteiger charge is -2.21. The molecule has 0 bridgehead atoms. The Morgan fingerprint density at radius 2 is 0.442 bits per heavy atom. The van der Waals surface area contributed by atoms with Crippen LogP contribution in [0.4, 0.5) is 0 Å². The molecule has 18 heteroatoms. The third-order valence-electron chi connectivity index (χ3n) is 18.4. The van der Waals surface area contributed by atoms with Gasteiger partial charge in [0, 0.05) is 19.3 Å². The molecule has 0 spiro atoms. The van der Waals surface area contributed by atoms with Crippen LogP contribution in [0.5, 0.6) is 0 Å². The lowest BCUT2D eigenvalue weighted by Crippen LogP contribution is -2.30. The molecule has 0 aromatic rings. The zero-order valence-corrected chi connectivity index (χ0v) is 72.8. The van der Waals surface area contributed by atoms with Gasteiger partial charge in [-0.25, -0.2) is 9.13 Å². The molecule has 0 rings (SSSR count). The fourth-order valence-electron chi connectivity index (χ4n) is 11.8. The van der Waals surface area contributed by atoms with E-state index in [2.05, 4.69) is 191 Å². The predicted molar refractivity (Wildman–Crippen MR) is 472 cm³/mol. The molecule has 0 heterocycles. The Morgan fingerprint density at radius 1 is 0.248 bits per heavy atom. The van der Waals surface area contributed by atoms with Crippen molar-refractivity contribution >= 4 is 33.6 Å². The fourth-order valence-corrected chi connectivity index (χ4v) is 13.4. The summed E-state index contributed by atoms with van der Waals surface area (Å²) in [5, 5.41) is 20.7. The zero-order chi connectivity index (χ0) is 82.2. The number of hydrogen-bond acceptors (Lipinski definition) is 14. The Kier molecular flexibility index (Phi) is 82.4. The van der Waals surface area contributed by atoms with Gasteiger partial charge < -0.3 is 34.2 Å². The van der Waals surface area contributed by atoms with Crippen molar-refractivity contribution in [2.75, 3.05) is 39.6 Å². The summed E-state index contributed by atoms with van der Waals surface area (Å²) >= 11 is 0. The van der Waals surface area contributed by atoms with Gasteiger partial charge in [0.2, 0.25) is 0 Å². The lowest BCUT2D eigenvalue weighted by molar-refractivity contribution is -0.161. The highest BCUT2D eigenvalue weighted by atomic mass is 31.2. The van der Waals surface area contributed by atoms with E-state index in [0.29, 0.717) is 19.3 Å². The molecule has 0 aliphatic rings. The number of carbonyl (C=O) groups excluding carboxylic acids is 3. The molecule has 5 atom stereocenters. The third kappa shape index (κ3) is 87.6. The number of hydrogen-bond donors (Lipinski definition) is 4. The summed E-state index contributed by atoms with van der Waals surface area (Å²) in [6, 6.07) is 0. The normalized spacial score (nSPS) is 14.6. The van der Waals surface area contributed by atoms with Crippen molar-refractivity contribution in [3.63, 3.8) is 0 Å². The minimum absolute atomic E-state index is 0.0882. The summed E-state index contributed by atoms with van der Waals surface area (Å²) in [4.78, 5) is 58.9. The van der Waals surface area contributed by atoms with Crippen LogP contribution in [0, 0.1) is 0 Å². The number of rotatable bonds is 83. The second kappa shape index (κ2) is 86.3. The Labute approximate surface area is 688 Å². The maximum Gasteiger partial charge on any atom is 0.472 e. The number of aliphatic hydroxyl groups is 2. The SMILES string of the molecule is CC/C=C\C/C=C\C/C=C\C/C=C\C/C=C\C/C=C\CCCCCCCCCCCCCCCCCCC(=O)OCC(O)COP(=O)(O)OCC(O)COP(=O)(O)OCC(COC(=O)CCCCCCCCCCC/C=C\C/C=C\C/C=C\C/C=C\C/C=C\CC)OC(=O)CCCCCCCCC/C=C\C/C=C\C/C=C\CC. The van der Waals surface area contributed by atoms with Gasteiger partial charge in [-0.1, -0.05) is 358 Å². The highest BCUT2D eigenvalue weighted by molar-refractivity contribution is 7.47. The molecule has 4 N–H and O–H groups in total. The summed E-state index contributed by atoms with van der Waals surface area (Å²) in [5.41, 5.74) is 0. The van der Waals surface area contributed by atoms with Gasteiger partial charge in [0.05, 0.1) is 26.4 Å². The maximum absolute atomic E-state index is 13.0. The van der Waals surface area contributed by atoms with Crippen LogP contribution in [-0.4, -0.2) is 95.9 Å². The number of phosphoric acid groups is 2. The zero-order valence-electron chi connectivity index (χ0n) is 71.0. The van der Waals surface area contributed by atoms with Crippen molar-refractivity contribution in [3.8, 4) is 0 Å². The number of unbranched alkanes of at least 4 members (excludes halogenated alkanes) is 32. The molecular weight excluding hydrogens is 1460 g/mol. The molecule has 0 aliphatic heterocycles. The Bertz CT molecular complexity index is 2730. The van der Waals surface area contributed by atoms with E-state index in [9.17, 15) is 43.5 Å². The molecule has 5 unspecified atom stereocenters. The molecule has 16 nitrogen and oxygen atoms in total. The minimum Gasteiger partial charge on any atom is -0.463 e. The van der Waals surface area contributed by atoms with E-state index in [-0.39, 0.29) is 19.3 Å². The van der Waals surface area contributed by atoms with Crippen LogP contribution in [0.15, 0.2) is 170 Å². The lowest BCUT2D eigenvalue weighted by atomic mass is 10.0. The summed E-state index contributed by atoms with van der Waals surface area (Å²) in [5.74, 6) is -1.59. The van der Waals surface area contributed by atoms with Crippen molar-refractivity contribution in [2.45, 2.75) is 373 Å². The van der Waals surface area contributed by atoms with Crippen LogP contribution in [0.3, 0.4) is 0 Å². The van der Waals surface area contributed by atoms with E-state index in [0.717, 1.165) is 186 Å². The average Bonchev–Trinajstić information content (AvgIpc) is 0.886. The van der Waals surface area contributed by atoms with E-state index < -0.39 is 91.5 Å². The standard InChI is InChI=1S/C95H160O16P2/c1-4-7-10-13-16-19-22-25-28-31-33-35-37-39-40-41-42-43-44-45-46-47-48-50-52-53-55-58-60-63-66-69-72-75-78-81-93(98)105-84-90(96)85-107-112(101,102)108-86-91(97)87-109-113(103,104)110-89-92(111-95(100)83-80-77-74-71-68-65-62-57-30-27-24-21-18-15-12-9-6-3)88-106-94(99)82-79-76-73-70-67-64-61-59-56-54-51-49-38-36-34-32-29-26-23-20-17-14-11-8-5-2/h7-12,16-21,25-30,33-36,39-40,42-43,49,51,90-92,96-97H,4-6,13-15,22-24,31-32,37-38,41,44-48,50,52-89H2,1-3H3,(H,101,102)(H,103,104)/b10-7-,11-8-,12-9-,19-16-,20-17-,21-18-,28-25-,29-26-,30-27-,35-33-,36-34-,40-39-,43-42-,51-49-. The van der Waals surface area contributed by atoms with Gasteiger partial charge in [-0.05, 0) is 148 Å². The van der Waals surface area contributed by atoms with Gasteiger partial charge in [-0.2, -0.15) is 0 Å². The minimum atomic E-state index is -4.94. The highest BCUT2D eigenvalue weighted by Gasteiger charge is 2.29. The van der Waals surface area contributed by atoms with E-state index in [4.69, 9.17) is 32.3 Å². The van der Waals surface area contributed by atoms with Crippen molar-refractivity contribution in [1.82, 2.24) is 0 Å². The van der Waals surface area contributed by atoms with Crippen molar-refractivity contribution in [3.05, 3.63) is 170 Å². The van der Waals surface area contributed by atoms with E-state index in [1.54, 1.807) is 0 Å². The van der Waals surface area contributed by atoms with Gasteiger partial charge in [-0.3, -0.25) is 32.5 Å². The molecule has 0 radical (unpaired) electrons. The van der Waals surface area contributed by atoms with Crippen LogP contribution < -0.4 is 0 Å². The average molecular weight is 1620 g/mol. The van der Waals surface area contributed by atoms with Crippen molar-refractivity contribution in [2.24, 2.45) is 0 Å². The molecule has 646 valence electrons. The van der Waals surface area contributed by atoms with Crippen LogP contribution in [0.25, 0.3) is 0 Å². The van der Waals surface area contributed by atoms with Crippen LogP contribution in [0.2, 0.25) is 0 Å². The first-order valence-electron chi connectivity index (χ1n) is 44.4. The first-order valence-corrected chi connectivity index (χ1v) is 47.4. The predicted octanol–water partition coefficient (Wildman–Crippen LogP) is 27.1. The van der Waals surface area contributed by atoms with Crippen molar-refractivity contribution < 1.29 is 75.8 Å². The van der Waals surface area contributed by atoms with Crippen molar-refractivity contribution in [1.29, 1.82) is 0 Å². The Hall–Kier alpha value is -5.09. The smallest absolute Gasteiger partial charge is 0.463 e. The van der Waals surface area contributed by atoms with E-state index in [1.807, 2.05) is 0 Å². The number of esters is 3. The quantitative estimate of drug-likeness (QED) is 0.0146. The number of allylic oxidation sites excluding steroid dienone is 28. The molecule has 0 saturated heterocycles. The summed E-state index contributed by atoms with van der Waals surface area (Å²) in [7, 11) is -9.81. The molecule has 113 heavy (non-hydrogen) atoms. The van der Waals surface area contributed by atoms with E-state index >= 15 is 0 Å². The first kappa shape index (κ1) is 108.